The number of benzene rings is 4. The summed E-state index contributed by atoms with van der Waals surface area (Å²) in [5, 5.41) is 1.16. The summed E-state index contributed by atoms with van der Waals surface area (Å²) in [4.78, 5) is 70.3. The van der Waals surface area contributed by atoms with E-state index in [0.29, 0.717) is 45.3 Å². The summed E-state index contributed by atoms with van der Waals surface area (Å²) < 4.78 is 50.0. The van der Waals surface area contributed by atoms with Crippen LogP contribution in [-0.2, 0) is 42.9 Å². The van der Waals surface area contributed by atoms with E-state index in [-0.39, 0.29) is 48.3 Å². The van der Waals surface area contributed by atoms with Gasteiger partial charge in [-0.05, 0) is 80.9 Å². The Morgan fingerprint density at radius 3 is 1.49 bits per heavy atom. The highest BCUT2D eigenvalue weighted by Gasteiger charge is 2.47. The molecule has 0 radical (unpaired) electrons. The molecule has 6 heterocycles. The quantitative estimate of drug-likeness (QED) is 0.0631. The third-order valence-electron chi connectivity index (χ3n) is 10.7. The maximum Gasteiger partial charge on any atom is 0.418 e. The second-order valence-corrected chi connectivity index (χ2v) is 17.2. The normalized spacial score (nSPS) is 16.5. The van der Waals surface area contributed by atoms with Crippen LogP contribution in [-0.4, -0.2) is 94.1 Å². The van der Waals surface area contributed by atoms with Crippen LogP contribution in [0.4, 0.5) is 4.79 Å². The molecule has 0 bridgehead atoms. The number of nitrogens with one attached hydrogen (secondary N) is 2. The summed E-state index contributed by atoms with van der Waals surface area (Å²) >= 11 is 15.4. The molecule has 2 N–H and O–H groups in total. The minimum atomic E-state index is -0.998. The number of hydrogen-bond donors (Lipinski definition) is 2. The first-order valence-electron chi connectivity index (χ1n) is 21.2. The van der Waals surface area contributed by atoms with Gasteiger partial charge in [0.25, 0.3) is 0 Å². The van der Waals surface area contributed by atoms with Crippen LogP contribution in [0, 0.1) is 0 Å². The fourth-order valence-corrected chi connectivity index (χ4v) is 7.88. The summed E-state index contributed by atoms with van der Waals surface area (Å²) in [6.45, 7) is 5.46. The Bertz CT molecular complexity index is 3080. The van der Waals surface area contributed by atoms with Crippen LogP contribution in [0.5, 0.6) is 23.0 Å². The molecule has 2 amide bonds. The number of fused-ring (bicyclic) bond motifs is 4. The zero-order valence-corrected chi connectivity index (χ0v) is 40.2. The lowest BCUT2D eigenvalue weighted by Crippen LogP contribution is -2.38. The molecule has 0 saturated carbocycles. The van der Waals surface area contributed by atoms with E-state index in [0.717, 1.165) is 21.8 Å². The van der Waals surface area contributed by atoms with E-state index >= 15 is 0 Å². The molecule has 2 aromatic heterocycles. The summed E-state index contributed by atoms with van der Waals surface area (Å²) in [6, 6.07) is 25.6. The highest BCUT2D eigenvalue weighted by molar-refractivity contribution is 6.67. The second kappa shape index (κ2) is 20.6. The van der Waals surface area contributed by atoms with Gasteiger partial charge in [-0.1, -0.05) is 36.4 Å². The first kappa shape index (κ1) is 48.9. The third-order valence-corrected chi connectivity index (χ3v) is 11.4. The van der Waals surface area contributed by atoms with Crippen molar-refractivity contribution in [3.05, 3.63) is 131 Å². The van der Waals surface area contributed by atoms with E-state index in [1.54, 1.807) is 69.6 Å². The van der Waals surface area contributed by atoms with Crippen molar-refractivity contribution in [3.8, 4) is 23.0 Å². The molecule has 0 fully saturated rings. The molecule has 18 nitrogen and oxygen atoms in total. The largest absolute Gasteiger partial charge is 0.464 e. The Kier molecular flexibility index (Phi) is 14.4. The standard InChI is InChI=1S/C25H24N2O7.C22H17ClN2O6.C2H2Cl2O/c1-25(2,3)34-24(29)27-20(23(28)30-4)21(16-12-26-17-8-6-5-7-15(16)17)33-22(27)14-9-10-18-19(11-14)32-13-31-18;1-28-22(27)19-20(14-10-24-15-5-3-2-4-13(14)15)31-21(25(19)18(26)9-23)12-6-7-16-17(8-12)30-11-29-16;3-1-2(4)5/h5-12,22,26H,13H2,1-4H3;2-8,10,21,24H,9,11H2,1H3;1H2. The molecule has 4 aliphatic heterocycles. The smallest absolute Gasteiger partial charge is 0.418 e. The Hall–Kier alpha value is -7.54. The molecule has 4 aromatic carbocycles. The van der Waals surface area contributed by atoms with Crippen LogP contribution in [0.2, 0.25) is 0 Å². The van der Waals surface area contributed by atoms with Crippen LogP contribution in [0.25, 0.3) is 33.3 Å². The Balaban J connectivity index is 0.000000172. The van der Waals surface area contributed by atoms with E-state index in [1.807, 2.05) is 48.5 Å². The van der Waals surface area contributed by atoms with Gasteiger partial charge in [0.2, 0.25) is 37.2 Å². The minimum absolute atomic E-state index is 0.0134. The fourth-order valence-electron chi connectivity index (χ4n) is 7.76. The number of aromatic amines is 2. The first-order chi connectivity index (χ1) is 33.7. The summed E-state index contributed by atoms with van der Waals surface area (Å²) in [7, 11) is 2.50. The van der Waals surface area contributed by atoms with Gasteiger partial charge in [0, 0.05) is 56.5 Å². The lowest BCUT2D eigenvalue weighted by Gasteiger charge is -2.28. The van der Waals surface area contributed by atoms with E-state index in [9.17, 15) is 24.0 Å². The predicted molar refractivity (Wildman–Crippen MR) is 254 cm³/mol. The van der Waals surface area contributed by atoms with Crippen molar-refractivity contribution < 1.29 is 66.6 Å². The Labute approximate surface area is 414 Å². The fraction of sp³-hybridized carbons (Fsp3) is 0.245. The Morgan fingerprint density at radius 1 is 0.629 bits per heavy atom. The van der Waals surface area contributed by atoms with Gasteiger partial charge < -0.3 is 52.6 Å². The molecule has 364 valence electrons. The van der Waals surface area contributed by atoms with Gasteiger partial charge >= 0.3 is 18.0 Å². The number of halogens is 3. The molecular formula is C49H43Cl3N4O14. The van der Waals surface area contributed by atoms with Crippen LogP contribution < -0.4 is 18.9 Å². The molecule has 0 spiro atoms. The summed E-state index contributed by atoms with van der Waals surface area (Å²) in [5.74, 6) is 0.288. The number of ether oxygens (including phenoxy) is 9. The van der Waals surface area contributed by atoms with Gasteiger partial charge in [0.05, 0.1) is 20.1 Å². The van der Waals surface area contributed by atoms with Crippen molar-refractivity contribution >= 4 is 97.3 Å². The van der Waals surface area contributed by atoms with Crippen LogP contribution >= 0.6 is 34.8 Å². The molecule has 70 heavy (non-hydrogen) atoms. The maximum absolute atomic E-state index is 13.4. The van der Waals surface area contributed by atoms with Crippen molar-refractivity contribution in [3.63, 3.8) is 0 Å². The molecule has 2 atom stereocenters. The zero-order valence-electron chi connectivity index (χ0n) is 38.0. The van der Waals surface area contributed by atoms with Crippen molar-refractivity contribution in [1.29, 1.82) is 0 Å². The average molecular weight is 1020 g/mol. The van der Waals surface area contributed by atoms with Crippen molar-refractivity contribution in [2.75, 3.05) is 39.6 Å². The molecule has 2 unspecified atom stereocenters. The van der Waals surface area contributed by atoms with E-state index in [1.165, 1.54) is 24.0 Å². The number of methoxy groups -OCH3 is 2. The van der Waals surface area contributed by atoms with E-state index in [4.69, 9.17) is 77.4 Å². The molecular weight excluding hydrogens is 975 g/mol. The van der Waals surface area contributed by atoms with E-state index in [2.05, 4.69) is 9.97 Å². The number of hydrogen-bond acceptors (Lipinski definition) is 14. The number of amides is 2. The molecule has 10 rings (SSSR count). The number of alkyl halides is 2. The van der Waals surface area contributed by atoms with Crippen molar-refractivity contribution in [1.82, 2.24) is 19.8 Å². The van der Waals surface area contributed by atoms with Crippen LogP contribution in [0.1, 0.15) is 55.5 Å². The number of aromatic nitrogens is 2. The highest BCUT2D eigenvalue weighted by Crippen LogP contribution is 2.48. The van der Waals surface area contributed by atoms with E-state index < -0.39 is 47.2 Å². The lowest BCUT2D eigenvalue weighted by molar-refractivity contribution is -0.143. The minimum Gasteiger partial charge on any atom is -0.464 e. The second-order valence-electron chi connectivity index (χ2n) is 16.2. The number of carbonyl (C=O) groups is 5. The van der Waals surface area contributed by atoms with Gasteiger partial charge in [0.1, 0.15) is 11.5 Å². The van der Waals surface area contributed by atoms with Gasteiger partial charge in [-0.15, -0.1) is 23.2 Å². The zero-order chi connectivity index (χ0) is 49.9. The SMILES string of the molecule is COC(=O)C1=C(c2c[nH]c3ccccc23)OC(c2ccc3c(c2)OCO3)N1C(=O)CCl.COC(=O)C1=C(c2c[nH]c3ccccc23)OC(c2ccc3c(c2)OCO3)N1C(=O)OC(C)(C)C.O=C(Cl)CCl. The topological polar surface area (TPSA) is 206 Å². The monoisotopic (exact) mass is 1020 g/mol. The van der Waals surface area contributed by atoms with Gasteiger partial charge in [-0.25, -0.2) is 19.3 Å². The number of esters is 2. The summed E-state index contributed by atoms with van der Waals surface area (Å²) in [5.41, 5.74) is 3.27. The number of para-hydroxylation sites is 2. The molecule has 0 aliphatic carbocycles. The molecule has 6 aromatic rings. The van der Waals surface area contributed by atoms with Gasteiger partial charge in [-0.2, -0.15) is 0 Å². The van der Waals surface area contributed by atoms with Crippen LogP contribution in [0.15, 0.2) is 109 Å². The van der Waals surface area contributed by atoms with Crippen LogP contribution in [0.3, 0.4) is 0 Å². The van der Waals surface area contributed by atoms with Gasteiger partial charge in [0.15, 0.2) is 45.9 Å². The lowest BCUT2D eigenvalue weighted by atomic mass is 10.1. The summed E-state index contributed by atoms with van der Waals surface area (Å²) in [6.07, 6.45) is 0.790. The molecule has 21 heteroatoms. The predicted octanol–water partition coefficient (Wildman–Crippen LogP) is 9.23. The molecule has 0 saturated heterocycles. The maximum atomic E-state index is 13.4. The highest BCUT2D eigenvalue weighted by atomic mass is 35.5. The van der Waals surface area contributed by atoms with Gasteiger partial charge in [-0.3, -0.25) is 14.5 Å². The third kappa shape index (κ3) is 9.83. The number of nitrogens with zero attached hydrogens (tertiary/aromatic N) is 2. The first-order valence-corrected chi connectivity index (χ1v) is 22.7. The average Bonchev–Trinajstić information content (AvgIpc) is 4.23. The Morgan fingerprint density at radius 2 is 1.06 bits per heavy atom. The number of carbonyl (C=O) groups excluding carboxylic acids is 5. The number of rotatable bonds is 8. The van der Waals surface area contributed by atoms with Crippen molar-refractivity contribution in [2.24, 2.45) is 0 Å². The molecule has 4 aliphatic rings. The van der Waals surface area contributed by atoms with Crippen molar-refractivity contribution in [2.45, 2.75) is 38.8 Å². The number of H-pyrrole nitrogens is 2.